The predicted molar refractivity (Wildman–Crippen MR) is 72.0 cm³/mol. The fraction of sp³-hybridized carbons (Fsp3) is 0.462. The minimum absolute atomic E-state index is 0.145. The van der Waals surface area contributed by atoms with Crippen LogP contribution in [0.25, 0.3) is 0 Å². The maximum Gasteiger partial charge on any atom is 0.283 e. The number of carbonyl (C=O) groups is 1. The van der Waals surface area contributed by atoms with Gasteiger partial charge in [-0.05, 0) is 36.3 Å². The van der Waals surface area contributed by atoms with Crippen molar-refractivity contribution in [3.63, 3.8) is 0 Å². The number of nitrogens with zero attached hydrogens (tertiary/aromatic N) is 1. The number of benzene rings is 1. The van der Waals surface area contributed by atoms with Gasteiger partial charge in [-0.1, -0.05) is 0 Å². The van der Waals surface area contributed by atoms with Crippen LogP contribution in [0.4, 0.5) is 14.5 Å². The Balaban J connectivity index is 2.23. The van der Waals surface area contributed by atoms with Crippen molar-refractivity contribution in [2.75, 3.05) is 11.5 Å². The Morgan fingerprint density at radius 1 is 1.30 bits per heavy atom. The van der Waals surface area contributed by atoms with E-state index in [2.05, 4.69) is 0 Å². The molecule has 7 heteroatoms. The van der Waals surface area contributed by atoms with E-state index in [-0.39, 0.29) is 17.9 Å². The zero-order valence-electron chi connectivity index (χ0n) is 10.6. The average Bonchev–Trinajstić information content (AvgIpc) is 2.42. The molecule has 0 atom stereocenters. The summed E-state index contributed by atoms with van der Waals surface area (Å²) in [5, 5.41) is 10.8. The van der Waals surface area contributed by atoms with Gasteiger partial charge < -0.3 is 0 Å². The van der Waals surface area contributed by atoms with E-state index in [4.69, 9.17) is 0 Å². The number of Topliss-reactive ketones (excluding diaryl/α,β-unsaturated/α-hetero) is 1. The zero-order chi connectivity index (χ0) is 14.7. The van der Waals surface area contributed by atoms with Crippen molar-refractivity contribution in [3.8, 4) is 0 Å². The van der Waals surface area contributed by atoms with Gasteiger partial charge in [0.2, 0.25) is 0 Å². The first kappa shape index (κ1) is 14.9. The van der Waals surface area contributed by atoms with Crippen LogP contribution in [0.5, 0.6) is 0 Å². The molecule has 0 saturated carbocycles. The SMILES string of the molecule is O=C(CC1CCSCC1)c1cc(F)c(F)cc1[N+](=O)[O-]. The molecule has 0 N–H and O–H groups in total. The maximum absolute atomic E-state index is 13.2. The van der Waals surface area contributed by atoms with Crippen LogP contribution < -0.4 is 0 Å². The molecule has 4 nitrogen and oxygen atoms in total. The third-order valence-corrected chi connectivity index (χ3v) is 4.40. The summed E-state index contributed by atoms with van der Waals surface area (Å²) in [5.41, 5.74) is -1.01. The number of halogens is 2. The molecule has 0 amide bonds. The van der Waals surface area contributed by atoms with Gasteiger partial charge >= 0.3 is 0 Å². The van der Waals surface area contributed by atoms with Crippen molar-refractivity contribution in [1.82, 2.24) is 0 Å². The number of nitro groups is 1. The van der Waals surface area contributed by atoms with E-state index >= 15 is 0 Å². The van der Waals surface area contributed by atoms with Gasteiger partial charge in [0.25, 0.3) is 5.69 Å². The monoisotopic (exact) mass is 301 g/mol. The maximum atomic E-state index is 13.2. The lowest BCUT2D eigenvalue weighted by Gasteiger charge is -2.20. The molecular formula is C13H13F2NO3S. The highest BCUT2D eigenvalue weighted by atomic mass is 32.2. The van der Waals surface area contributed by atoms with Crippen LogP contribution >= 0.6 is 11.8 Å². The highest BCUT2D eigenvalue weighted by molar-refractivity contribution is 7.99. The van der Waals surface area contributed by atoms with Crippen LogP contribution in [0.1, 0.15) is 29.6 Å². The summed E-state index contributed by atoms with van der Waals surface area (Å²) < 4.78 is 26.3. The van der Waals surface area contributed by atoms with Gasteiger partial charge in [0.05, 0.1) is 16.6 Å². The molecule has 0 spiro atoms. The third-order valence-electron chi connectivity index (χ3n) is 3.35. The molecule has 1 heterocycles. The number of hydrogen-bond acceptors (Lipinski definition) is 4. The lowest BCUT2D eigenvalue weighted by molar-refractivity contribution is -0.385. The van der Waals surface area contributed by atoms with Gasteiger partial charge in [-0.3, -0.25) is 14.9 Å². The molecule has 0 bridgehead atoms. The first-order valence-corrected chi connectivity index (χ1v) is 7.39. The molecule has 1 fully saturated rings. The Morgan fingerprint density at radius 3 is 2.50 bits per heavy atom. The fourth-order valence-corrected chi connectivity index (χ4v) is 3.44. The van der Waals surface area contributed by atoms with E-state index in [1.807, 2.05) is 0 Å². The molecule has 20 heavy (non-hydrogen) atoms. The Kier molecular flexibility index (Phi) is 4.69. The molecule has 108 valence electrons. The molecule has 1 saturated heterocycles. The van der Waals surface area contributed by atoms with Gasteiger partial charge in [-0.2, -0.15) is 11.8 Å². The van der Waals surface area contributed by atoms with Crippen molar-refractivity contribution < 1.29 is 18.5 Å². The second-order valence-electron chi connectivity index (χ2n) is 4.72. The molecule has 0 aromatic heterocycles. The van der Waals surface area contributed by atoms with Gasteiger partial charge in [-0.25, -0.2) is 8.78 Å². The lowest BCUT2D eigenvalue weighted by atomic mass is 9.93. The van der Waals surface area contributed by atoms with Gasteiger partial charge in [0, 0.05) is 6.42 Å². The minimum Gasteiger partial charge on any atom is -0.294 e. The average molecular weight is 301 g/mol. The van der Waals surface area contributed by atoms with Crippen molar-refractivity contribution in [3.05, 3.63) is 39.4 Å². The van der Waals surface area contributed by atoms with Gasteiger partial charge in [0.15, 0.2) is 17.4 Å². The van der Waals surface area contributed by atoms with E-state index in [0.717, 1.165) is 24.3 Å². The highest BCUT2D eigenvalue weighted by Gasteiger charge is 2.26. The summed E-state index contributed by atoms with van der Waals surface area (Å²) in [7, 11) is 0. The second-order valence-corrected chi connectivity index (χ2v) is 5.95. The zero-order valence-corrected chi connectivity index (χ0v) is 11.4. The number of ketones is 1. The second kappa shape index (κ2) is 6.30. The summed E-state index contributed by atoms with van der Waals surface area (Å²) in [5.74, 6) is -0.972. The Bertz CT molecular complexity index is 545. The molecular weight excluding hydrogens is 288 g/mol. The normalized spacial score (nSPS) is 16.1. The van der Waals surface area contributed by atoms with Crippen LogP contribution in [0.15, 0.2) is 12.1 Å². The van der Waals surface area contributed by atoms with Crippen LogP contribution in [-0.2, 0) is 0 Å². The van der Waals surface area contributed by atoms with Crippen LogP contribution in [0.2, 0.25) is 0 Å². The van der Waals surface area contributed by atoms with Crippen LogP contribution in [0.3, 0.4) is 0 Å². The number of carbonyl (C=O) groups excluding carboxylic acids is 1. The molecule has 0 radical (unpaired) electrons. The molecule has 0 aliphatic carbocycles. The van der Waals surface area contributed by atoms with Crippen molar-refractivity contribution in [1.29, 1.82) is 0 Å². The fourth-order valence-electron chi connectivity index (χ4n) is 2.23. The van der Waals surface area contributed by atoms with E-state index in [9.17, 15) is 23.7 Å². The molecule has 1 aliphatic rings. The van der Waals surface area contributed by atoms with E-state index in [1.165, 1.54) is 0 Å². The highest BCUT2D eigenvalue weighted by Crippen LogP contribution is 2.29. The van der Waals surface area contributed by atoms with Gasteiger partial charge in [0.1, 0.15) is 0 Å². The smallest absolute Gasteiger partial charge is 0.283 e. The first-order valence-electron chi connectivity index (χ1n) is 6.23. The number of rotatable bonds is 4. The number of hydrogen-bond donors (Lipinski definition) is 0. The quantitative estimate of drug-likeness (QED) is 0.484. The topological polar surface area (TPSA) is 60.2 Å². The Morgan fingerprint density at radius 2 is 1.90 bits per heavy atom. The summed E-state index contributed by atoms with van der Waals surface area (Å²) in [6, 6.07) is 1.10. The number of thioether (sulfide) groups is 1. The largest absolute Gasteiger partial charge is 0.294 e. The minimum atomic E-state index is -1.32. The van der Waals surface area contributed by atoms with Crippen molar-refractivity contribution in [2.24, 2.45) is 5.92 Å². The first-order chi connectivity index (χ1) is 9.49. The van der Waals surface area contributed by atoms with Gasteiger partial charge in [-0.15, -0.1) is 0 Å². The Labute approximate surface area is 118 Å². The summed E-state index contributed by atoms with van der Waals surface area (Å²) >= 11 is 1.80. The van der Waals surface area contributed by atoms with E-state index in [0.29, 0.717) is 12.1 Å². The summed E-state index contributed by atoms with van der Waals surface area (Å²) in [6.45, 7) is 0. The van der Waals surface area contributed by atoms with Crippen molar-refractivity contribution >= 4 is 23.2 Å². The molecule has 0 unspecified atom stereocenters. The van der Waals surface area contributed by atoms with Crippen LogP contribution in [0, 0.1) is 27.7 Å². The lowest BCUT2D eigenvalue weighted by Crippen LogP contribution is -2.15. The van der Waals surface area contributed by atoms with Crippen molar-refractivity contribution in [2.45, 2.75) is 19.3 Å². The Hall–Kier alpha value is -1.50. The van der Waals surface area contributed by atoms with Crippen LogP contribution in [-0.4, -0.2) is 22.2 Å². The predicted octanol–water partition coefficient (Wildman–Crippen LogP) is 3.59. The molecule has 1 aromatic rings. The molecule has 1 aliphatic heterocycles. The number of nitro benzene ring substituents is 1. The molecule has 2 rings (SSSR count). The standard InChI is InChI=1S/C13H13F2NO3S/c14-10-6-9(12(16(18)19)7-11(10)15)13(17)5-8-1-3-20-4-2-8/h6-8H,1-5H2. The molecule has 1 aromatic carbocycles. The summed E-state index contributed by atoms with van der Waals surface area (Å²) in [4.78, 5) is 22.1. The van der Waals surface area contributed by atoms with E-state index < -0.39 is 28.0 Å². The van der Waals surface area contributed by atoms with E-state index in [1.54, 1.807) is 11.8 Å². The summed E-state index contributed by atoms with van der Waals surface area (Å²) in [6.07, 6.45) is 1.88. The third kappa shape index (κ3) is 3.33.